The van der Waals surface area contributed by atoms with Gasteiger partial charge in [-0.2, -0.15) is 0 Å². The molecule has 0 saturated carbocycles. The minimum Gasteiger partial charge on any atom is -0.356 e. The molecule has 0 unspecified atom stereocenters. The van der Waals surface area contributed by atoms with Crippen LogP contribution in [-0.2, 0) is 0 Å². The molecule has 0 radical (unpaired) electrons. The molecule has 2 saturated heterocycles. The van der Waals surface area contributed by atoms with Gasteiger partial charge in [-0.05, 0) is 43.0 Å². The molecule has 1 amide bonds. The lowest BCUT2D eigenvalue weighted by atomic mass is 10.0. The zero-order chi connectivity index (χ0) is 21.2. The van der Waals surface area contributed by atoms with Gasteiger partial charge in [0, 0.05) is 50.9 Å². The Balaban J connectivity index is 1.30. The molecule has 0 N–H and O–H groups in total. The highest BCUT2D eigenvalue weighted by molar-refractivity contribution is 6.07. The van der Waals surface area contributed by atoms with Gasteiger partial charge in [0.1, 0.15) is 17.5 Å². The molecule has 5 rings (SSSR count). The summed E-state index contributed by atoms with van der Waals surface area (Å²) in [6.45, 7) is 7.08. The second-order valence-electron chi connectivity index (χ2n) is 8.49. The van der Waals surface area contributed by atoms with Crippen LogP contribution in [0.1, 0.15) is 35.4 Å². The quantitative estimate of drug-likeness (QED) is 0.650. The predicted molar refractivity (Wildman–Crippen MR) is 125 cm³/mol. The summed E-state index contributed by atoms with van der Waals surface area (Å²) >= 11 is 0. The molecule has 1 aromatic heterocycles. The van der Waals surface area contributed by atoms with Crippen LogP contribution in [0.4, 0.5) is 11.6 Å². The van der Waals surface area contributed by atoms with E-state index in [1.807, 2.05) is 42.2 Å². The summed E-state index contributed by atoms with van der Waals surface area (Å²) in [5, 5.41) is 2.13. The first-order valence-electron chi connectivity index (χ1n) is 11.3. The molecular formula is C25H29N5O. The van der Waals surface area contributed by atoms with Gasteiger partial charge < -0.3 is 14.7 Å². The lowest BCUT2D eigenvalue weighted by Gasteiger charge is -2.36. The molecule has 2 aromatic carbocycles. The molecule has 2 aliphatic rings. The summed E-state index contributed by atoms with van der Waals surface area (Å²) < 4.78 is 0. The third-order valence-electron chi connectivity index (χ3n) is 6.40. The van der Waals surface area contributed by atoms with Crippen LogP contribution in [0.3, 0.4) is 0 Å². The molecule has 2 fully saturated rings. The molecule has 3 aromatic rings. The second kappa shape index (κ2) is 8.53. The van der Waals surface area contributed by atoms with Gasteiger partial charge in [-0.15, -0.1) is 0 Å². The van der Waals surface area contributed by atoms with Gasteiger partial charge >= 0.3 is 0 Å². The molecular weight excluding hydrogens is 386 g/mol. The molecule has 0 spiro atoms. The van der Waals surface area contributed by atoms with E-state index in [-0.39, 0.29) is 5.91 Å². The van der Waals surface area contributed by atoms with Gasteiger partial charge in [-0.1, -0.05) is 36.4 Å². The van der Waals surface area contributed by atoms with Crippen molar-refractivity contribution in [2.45, 2.75) is 26.2 Å². The molecule has 31 heavy (non-hydrogen) atoms. The monoisotopic (exact) mass is 415 g/mol. The number of hydrogen-bond donors (Lipinski definition) is 0. The predicted octanol–water partition coefficient (Wildman–Crippen LogP) is 3.89. The maximum absolute atomic E-state index is 13.2. The van der Waals surface area contributed by atoms with Crippen molar-refractivity contribution in [2.75, 3.05) is 49.1 Å². The third-order valence-corrected chi connectivity index (χ3v) is 6.40. The molecule has 6 nitrogen and oxygen atoms in total. The van der Waals surface area contributed by atoms with Crippen LogP contribution in [0.5, 0.6) is 0 Å². The molecule has 160 valence electrons. The van der Waals surface area contributed by atoms with E-state index in [1.54, 1.807) is 0 Å². The van der Waals surface area contributed by atoms with Crippen LogP contribution in [0.15, 0.2) is 48.5 Å². The smallest absolute Gasteiger partial charge is 0.254 e. The van der Waals surface area contributed by atoms with E-state index in [2.05, 4.69) is 33.0 Å². The number of piperidine rings is 1. The summed E-state index contributed by atoms with van der Waals surface area (Å²) in [6.07, 6.45) is 3.76. The highest BCUT2D eigenvalue weighted by Crippen LogP contribution is 2.24. The first-order valence-corrected chi connectivity index (χ1v) is 11.3. The Labute approximate surface area is 183 Å². The summed E-state index contributed by atoms with van der Waals surface area (Å²) in [4.78, 5) is 29.3. The standard InChI is InChI=1S/C25H29N5O/c1-19-26-23(28-12-5-2-6-13-28)18-24(27-19)29-14-16-30(17-15-29)25(31)22-11-7-9-20-8-3-4-10-21(20)22/h3-4,7-11,18H,2,5-6,12-17H2,1H3. The lowest BCUT2D eigenvalue weighted by molar-refractivity contribution is 0.0748. The number of anilines is 2. The Kier molecular flexibility index (Phi) is 5.45. The van der Waals surface area contributed by atoms with E-state index in [0.717, 1.165) is 60.0 Å². The number of benzene rings is 2. The van der Waals surface area contributed by atoms with Crippen LogP contribution < -0.4 is 9.80 Å². The molecule has 2 aliphatic heterocycles. The van der Waals surface area contributed by atoms with E-state index >= 15 is 0 Å². The number of nitrogens with zero attached hydrogens (tertiary/aromatic N) is 5. The van der Waals surface area contributed by atoms with Crippen molar-refractivity contribution in [3.05, 3.63) is 59.9 Å². The number of piperazine rings is 1. The summed E-state index contributed by atoms with van der Waals surface area (Å²) in [6, 6.07) is 16.2. The summed E-state index contributed by atoms with van der Waals surface area (Å²) in [5.41, 5.74) is 0.789. The molecule has 6 heteroatoms. The van der Waals surface area contributed by atoms with Gasteiger partial charge in [0.2, 0.25) is 0 Å². The van der Waals surface area contributed by atoms with E-state index in [9.17, 15) is 4.79 Å². The molecule has 0 aliphatic carbocycles. The second-order valence-corrected chi connectivity index (χ2v) is 8.49. The van der Waals surface area contributed by atoms with Crippen molar-refractivity contribution >= 4 is 28.3 Å². The van der Waals surface area contributed by atoms with E-state index in [4.69, 9.17) is 4.98 Å². The van der Waals surface area contributed by atoms with Crippen molar-refractivity contribution in [3.63, 3.8) is 0 Å². The van der Waals surface area contributed by atoms with Gasteiger partial charge in [0.05, 0.1) is 0 Å². The Bertz CT molecular complexity index is 1080. The third kappa shape index (κ3) is 4.07. The van der Waals surface area contributed by atoms with Crippen molar-refractivity contribution in [2.24, 2.45) is 0 Å². The van der Waals surface area contributed by atoms with Crippen LogP contribution in [0, 0.1) is 6.92 Å². The Morgan fingerprint density at radius 2 is 1.42 bits per heavy atom. The number of amides is 1. The van der Waals surface area contributed by atoms with Crippen LogP contribution >= 0.6 is 0 Å². The normalized spacial score (nSPS) is 17.3. The number of aromatic nitrogens is 2. The minimum atomic E-state index is 0.115. The Morgan fingerprint density at radius 1 is 0.774 bits per heavy atom. The minimum absolute atomic E-state index is 0.115. The van der Waals surface area contributed by atoms with Gasteiger partial charge in [0.15, 0.2) is 0 Å². The van der Waals surface area contributed by atoms with Gasteiger partial charge in [-0.25, -0.2) is 9.97 Å². The number of hydrogen-bond acceptors (Lipinski definition) is 5. The zero-order valence-electron chi connectivity index (χ0n) is 18.1. The van der Waals surface area contributed by atoms with Crippen molar-refractivity contribution in [1.82, 2.24) is 14.9 Å². The van der Waals surface area contributed by atoms with Gasteiger partial charge in [0.25, 0.3) is 5.91 Å². The maximum atomic E-state index is 13.2. The SMILES string of the molecule is Cc1nc(N2CCCCC2)cc(N2CCN(C(=O)c3cccc4ccccc34)CC2)n1. The van der Waals surface area contributed by atoms with E-state index in [0.29, 0.717) is 13.1 Å². The highest BCUT2D eigenvalue weighted by atomic mass is 16.2. The zero-order valence-corrected chi connectivity index (χ0v) is 18.1. The Hall–Kier alpha value is -3.15. The van der Waals surface area contributed by atoms with E-state index in [1.165, 1.54) is 19.3 Å². The Morgan fingerprint density at radius 3 is 2.16 bits per heavy atom. The van der Waals surface area contributed by atoms with Crippen molar-refractivity contribution in [1.29, 1.82) is 0 Å². The maximum Gasteiger partial charge on any atom is 0.254 e. The number of carbonyl (C=O) groups is 1. The van der Waals surface area contributed by atoms with Crippen molar-refractivity contribution < 1.29 is 4.79 Å². The average molecular weight is 416 g/mol. The number of carbonyl (C=O) groups excluding carboxylic acids is 1. The summed E-state index contributed by atoms with van der Waals surface area (Å²) in [5.74, 6) is 2.94. The van der Waals surface area contributed by atoms with Gasteiger partial charge in [-0.3, -0.25) is 4.79 Å². The first-order chi connectivity index (χ1) is 15.2. The fourth-order valence-electron chi connectivity index (χ4n) is 4.70. The summed E-state index contributed by atoms with van der Waals surface area (Å²) in [7, 11) is 0. The molecule has 3 heterocycles. The van der Waals surface area contributed by atoms with Crippen LogP contribution in [0.2, 0.25) is 0 Å². The number of rotatable bonds is 3. The lowest BCUT2D eigenvalue weighted by Crippen LogP contribution is -2.49. The topological polar surface area (TPSA) is 52.6 Å². The largest absolute Gasteiger partial charge is 0.356 e. The van der Waals surface area contributed by atoms with Crippen LogP contribution in [-0.4, -0.2) is 60.0 Å². The number of fused-ring (bicyclic) bond motifs is 1. The van der Waals surface area contributed by atoms with Crippen molar-refractivity contribution in [3.8, 4) is 0 Å². The van der Waals surface area contributed by atoms with E-state index < -0.39 is 0 Å². The number of aryl methyl sites for hydroxylation is 1. The highest BCUT2D eigenvalue weighted by Gasteiger charge is 2.25. The average Bonchev–Trinajstić information content (AvgIpc) is 2.83. The first kappa shape index (κ1) is 19.8. The van der Waals surface area contributed by atoms with Crippen LogP contribution in [0.25, 0.3) is 10.8 Å². The molecule has 0 atom stereocenters. The fraction of sp³-hybridized carbons (Fsp3) is 0.400. The molecule has 0 bridgehead atoms. The fourth-order valence-corrected chi connectivity index (χ4v) is 4.70.